The van der Waals surface area contributed by atoms with E-state index in [4.69, 9.17) is 9.63 Å². The van der Waals surface area contributed by atoms with Crippen LogP contribution in [0.5, 0.6) is 5.75 Å². The Morgan fingerprint density at radius 1 is 1.32 bits per heavy atom. The molecule has 0 amide bonds. The van der Waals surface area contributed by atoms with Crippen LogP contribution in [0.2, 0.25) is 0 Å². The Hall–Kier alpha value is -2.75. The molecule has 1 aromatic carbocycles. The van der Waals surface area contributed by atoms with E-state index in [9.17, 15) is 22.8 Å². The lowest BCUT2D eigenvalue weighted by molar-refractivity contribution is -0.274. The highest BCUT2D eigenvalue weighted by molar-refractivity contribution is 5.69. The highest BCUT2D eigenvalue weighted by Crippen LogP contribution is 2.32. The van der Waals surface area contributed by atoms with Crippen LogP contribution < -0.4 is 10.3 Å². The van der Waals surface area contributed by atoms with Crippen molar-refractivity contribution in [1.29, 1.82) is 0 Å². The second kappa shape index (κ2) is 8.09. The number of piperidine rings is 1. The highest BCUT2D eigenvalue weighted by atomic mass is 19.4. The lowest BCUT2D eigenvalue weighted by Crippen LogP contribution is -2.45. The Kier molecular flexibility index (Phi) is 5.78. The number of H-pyrrole nitrogens is 1. The van der Waals surface area contributed by atoms with Gasteiger partial charge in [-0.1, -0.05) is 12.1 Å². The first-order valence-corrected chi connectivity index (χ1v) is 8.68. The molecule has 1 aromatic heterocycles. The molecule has 0 aliphatic carbocycles. The van der Waals surface area contributed by atoms with Gasteiger partial charge in [0.25, 0.3) is 5.56 Å². The van der Waals surface area contributed by atoms with E-state index in [2.05, 4.69) is 9.89 Å². The topological polar surface area (TPSA) is 95.8 Å². The van der Waals surface area contributed by atoms with Gasteiger partial charge in [-0.3, -0.25) is 14.5 Å². The van der Waals surface area contributed by atoms with Gasteiger partial charge in [0, 0.05) is 18.0 Å². The number of hydrogen-bond acceptors (Lipinski definition) is 5. The molecule has 0 saturated carbocycles. The van der Waals surface area contributed by atoms with E-state index in [-0.39, 0.29) is 29.8 Å². The zero-order valence-electron chi connectivity index (χ0n) is 14.7. The summed E-state index contributed by atoms with van der Waals surface area (Å²) in [6.45, 7) is 0.371. The smallest absolute Gasteiger partial charge is 0.480 e. The molecule has 1 fully saturated rings. The van der Waals surface area contributed by atoms with Crippen LogP contribution in [0, 0.1) is 0 Å². The van der Waals surface area contributed by atoms with Crippen molar-refractivity contribution >= 4 is 5.97 Å². The van der Waals surface area contributed by atoms with Gasteiger partial charge in [0.1, 0.15) is 11.5 Å². The van der Waals surface area contributed by atoms with Gasteiger partial charge in [-0.2, -0.15) is 5.16 Å². The van der Waals surface area contributed by atoms with Crippen LogP contribution in [0.4, 0.5) is 13.2 Å². The number of carbonyl (C=O) groups is 1. The van der Waals surface area contributed by atoms with Crippen molar-refractivity contribution in [2.24, 2.45) is 0 Å². The molecule has 3 rings (SSSR count). The normalized spacial score (nSPS) is 20.8. The summed E-state index contributed by atoms with van der Waals surface area (Å²) in [5.41, 5.74) is 0.422. The van der Waals surface area contributed by atoms with Gasteiger partial charge in [0.2, 0.25) is 0 Å². The number of nitrogens with zero attached hydrogens (tertiary/aromatic N) is 1. The molecule has 7 nitrogen and oxygen atoms in total. The molecule has 2 atom stereocenters. The van der Waals surface area contributed by atoms with Crippen molar-refractivity contribution in [2.45, 2.75) is 37.6 Å². The monoisotopic (exact) mass is 400 g/mol. The van der Waals surface area contributed by atoms with Crippen LogP contribution in [0.25, 0.3) is 0 Å². The summed E-state index contributed by atoms with van der Waals surface area (Å²) in [5.74, 6) is -0.777. The van der Waals surface area contributed by atoms with Crippen LogP contribution in [0.3, 0.4) is 0 Å². The maximum absolute atomic E-state index is 12.3. The average Bonchev–Trinajstić information content (AvgIpc) is 3.03. The minimum Gasteiger partial charge on any atom is -0.480 e. The Labute approximate surface area is 157 Å². The third-order valence-corrected chi connectivity index (χ3v) is 4.75. The predicted octanol–water partition coefficient (Wildman–Crippen LogP) is 2.74. The van der Waals surface area contributed by atoms with Gasteiger partial charge in [-0.15, -0.1) is 13.2 Å². The minimum atomic E-state index is -4.75. The number of aliphatic carboxylic acids is 1. The van der Waals surface area contributed by atoms with Gasteiger partial charge in [0.05, 0.1) is 6.54 Å². The molecule has 1 aliphatic heterocycles. The fourth-order valence-corrected chi connectivity index (χ4v) is 3.55. The van der Waals surface area contributed by atoms with Crippen LogP contribution in [-0.4, -0.2) is 46.6 Å². The van der Waals surface area contributed by atoms with Crippen molar-refractivity contribution < 1.29 is 32.3 Å². The Morgan fingerprint density at radius 2 is 2.04 bits per heavy atom. The van der Waals surface area contributed by atoms with Crippen molar-refractivity contribution in [1.82, 2.24) is 10.1 Å². The number of ether oxygens (including phenoxy) is 1. The van der Waals surface area contributed by atoms with Gasteiger partial charge < -0.3 is 14.4 Å². The first-order valence-electron chi connectivity index (χ1n) is 8.68. The van der Waals surface area contributed by atoms with Crippen LogP contribution in [-0.2, 0) is 11.2 Å². The van der Waals surface area contributed by atoms with E-state index in [0.717, 1.165) is 5.56 Å². The number of alkyl halides is 3. The summed E-state index contributed by atoms with van der Waals surface area (Å²) in [6, 6.07) is 6.74. The Morgan fingerprint density at radius 3 is 2.61 bits per heavy atom. The Balaban J connectivity index is 1.72. The molecule has 0 radical (unpaired) electrons. The largest absolute Gasteiger partial charge is 0.573 e. The number of nitrogens with one attached hydrogen (secondary N) is 1. The summed E-state index contributed by atoms with van der Waals surface area (Å²) in [6.07, 6.45) is -3.10. The van der Waals surface area contributed by atoms with Crippen molar-refractivity contribution in [3.8, 4) is 5.75 Å². The van der Waals surface area contributed by atoms with Crippen LogP contribution >= 0.6 is 0 Å². The van der Waals surface area contributed by atoms with Gasteiger partial charge in [-0.05, 0) is 43.5 Å². The second-order valence-corrected chi connectivity index (χ2v) is 6.75. The zero-order valence-corrected chi connectivity index (χ0v) is 14.7. The number of hydrogen-bond donors (Lipinski definition) is 2. The fourth-order valence-electron chi connectivity index (χ4n) is 3.55. The molecule has 0 spiro atoms. The van der Waals surface area contributed by atoms with E-state index in [1.54, 1.807) is 0 Å². The van der Waals surface area contributed by atoms with Crippen molar-refractivity contribution in [2.75, 3.05) is 13.1 Å². The maximum Gasteiger partial charge on any atom is 0.573 e. The molecule has 0 bridgehead atoms. The summed E-state index contributed by atoms with van der Waals surface area (Å²) >= 11 is 0. The molecule has 152 valence electrons. The van der Waals surface area contributed by atoms with Gasteiger partial charge in [0.15, 0.2) is 0 Å². The number of benzene rings is 1. The van der Waals surface area contributed by atoms with E-state index in [0.29, 0.717) is 31.6 Å². The predicted molar refractivity (Wildman–Crippen MR) is 91.1 cm³/mol. The van der Waals surface area contributed by atoms with Crippen molar-refractivity contribution in [3.63, 3.8) is 0 Å². The average molecular weight is 400 g/mol. The standard InChI is InChI=1S/C18H19F3N2O5/c19-18(20,21)27-14-3-1-11(2-4-14)7-13-8-12(15-9-16(24)22-28-15)5-6-23(13)10-17(25)26/h1-4,9,12-13H,5-8,10H2,(H,22,24)(H,25,26). The second-order valence-electron chi connectivity index (χ2n) is 6.75. The van der Waals surface area contributed by atoms with Crippen LogP contribution in [0.1, 0.15) is 30.1 Å². The van der Waals surface area contributed by atoms with Gasteiger partial charge >= 0.3 is 12.3 Å². The number of aromatic nitrogens is 1. The summed E-state index contributed by atoms with van der Waals surface area (Å²) in [4.78, 5) is 24.3. The van der Waals surface area contributed by atoms with E-state index in [1.807, 2.05) is 4.90 Å². The van der Waals surface area contributed by atoms with E-state index >= 15 is 0 Å². The minimum absolute atomic E-state index is 0.0400. The third kappa shape index (κ3) is 5.38. The molecule has 2 unspecified atom stereocenters. The number of halogens is 3. The summed E-state index contributed by atoms with van der Waals surface area (Å²) < 4.78 is 45.9. The number of rotatable bonds is 6. The van der Waals surface area contributed by atoms with Gasteiger partial charge in [-0.25, -0.2) is 0 Å². The Bertz CT molecular complexity index is 859. The maximum atomic E-state index is 12.3. The van der Waals surface area contributed by atoms with Crippen LogP contribution in [0.15, 0.2) is 39.6 Å². The number of carboxylic acid groups (broad SMARTS) is 1. The molecule has 1 saturated heterocycles. The van der Waals surface area contributed by atoms with E-state index < -0.39 is 12.3 Å². The lowest BCUT2D eigenvalue weighted by Gasteiger charge is -2.38. The van der Waals surface area contributed by atoms with Crippen molar-refractivity contribution in [3.05, 3.63) is 52.0 Å². The molecule has 2 N–H and O–H groups in total. The molecule has 28 heavy (non-hydrogen) atoms. The molecular formula is C18H19F3N2O5. The summed E-state index contributed by atoms with van der Waals surface area (Å²) in [5, 5.41) is 11.4. The molecular weight excluding hydrogens is 381 g/mol. The van der Waals surface area contributed by atoms with E-state index in [1.165, 1.54) is 30.3 Å². The lowest BCUT2D eigenvalue weighted by atomic mass is 9.86. The molecule has 2 heterocycles. The molecule has 10 heteroatoms. The molecule has 1 aliphatic rings. The zero-order chi connectivity index (χ0) is 20.3. The summed E-state index contributed by atoms with van der Waals surface area (Å²) in [7, 11) is 0. The fraction of sp³-hybridized carbons (Fsp3) is 0.444. The first kappa shape index (κ1) is 20.0. The molecule has 2 aromatic rings. The SMILES string of the molecule is O=C(O)CN1CCC(c2cc(=O)[nH]o2)CC1Cc1ccc(OC(F)(F)F)cc1. The number of aromatic amines is 1. The third-order valence-electron chi connectivity index (χ3n) is 4.75. The first-order chi connectivity index (χ1) is 13.2. The number of likely N-dealkylation sites (tertiary alicyclic amines) is 1. The number of carboxylic acids is 1. The quantitative estimate of drug-likeness (QED) is 0.774. The highest BCUT2D eigenvalue weighted by Gasteiger charge is 2.33.